The topological polar surface area (TPSA) is 75.4 Å². The Morgan fingerprint density at radius 1 is 1.25 bits per heavy atom. The molecule has 4 rings (SSSR count). The number of carbonyl (C=O) groups is 1. The molecule has 2 aromatic rings. The van der Waals surface area contributed by atoms with Gasteiger partial charge >= 0.3 is 0 Å². The molecule has 6 nitrogen and oxygen atoms in total. The number of aromatic nitrogens is 2. The molecule has 1 aliphatic heterocycles. The van der Waals surface area contributed by atoms with Gasteiger partial charge in [0.2, 0.25) is 5.91 Å². The van der Waals surface area contributed by atoms with Crippen molar-refractivity contribution < 1.29 is 4.79 Å². The molecule has 7 heteroatoms. The van der Waals surface area contributed by atoms with Crippen molar-refractivity contribution >= 4 is 33.3 Å². The average Bonchev–Trinajstić information content (AvgIpc) is 3.29. The van der Waals surface area contributed by atoms with Crippen LogP contribution in [0, 0.1) is 11.8 Å². The smallest absolute Gasteiger partial charge is 0.226 e. The summed E-state index contributed by atoms with van der Waals surface area (Å²) >= 11 is 1.68. The van der Waals surface area contributed by atoms with Gasteiger partial charge in [0.1, 0.15) is 12.1 Å². The first-order chi connectivity index (χ1) is 11.8. The summed E-state index contributed by atoms with van der Waals surface area (Å²) in [5, 5.41) is 2.05. The van der Waals surface area contributed by atoms with E-state index < -0.39 is 0 Å². The first kappa shape index (κ1) is 15.8. The molecular weight excluding hydrogens is 322 g/mol. The summed E-state index contributed by atoms with van der Waals surface area (Å²) in [5.41, 5.74) is 6.84. The Hall–Kier alpha value is -1.73. The van der Waals surface area contributed by atoms with Crippen molar-refractivity contribution in [3.05, 3.63) is 17.8 Å². The zero-order chi connectivity index (χ0) is 16.5. The van der Waals surface area contributed by atoms with Crippen LogP contribution in [-0.2, 0) is 4.79 Å². The van der Waals surface area contributed by atoms with Crippen LogP contribution in [-0.4, -0.2) is 53.5 Å². The molecule has 128 valence electrons. The number of nitrogens with two attached hydrogens (primary N) is 1. The normalized spacial score (nSPS) is 24.7. The second-order valence-electron chi connectivity index (χ2n) is 6.68. The van der Waals surface area contributed by atoms with Crippen LogP contribution in [0.15, 0.2) is 17.8 Å². The van der Waals surface area contributed by atoms with Crippen LogP contribution in [0.5, 0.6) is 0 Å². The Bertz CT molecular complexity index is 725. The van der Waals surface area contributed by atoms with Gasteiger partial charge in [-0.25, -0.2) is 9.97 Å². The lowest BCUT2D eigenvalue weighted by molar-refractivity contribution is -0.136. The second kappa shape index (κ2) is 6.64. The lowest BCUT2D eigenvalue weighted by atomic mass is 9.94. The van der Waals surface area contributed by atoms with Gasteiger partial charge in [-0.2, -0.15) is 0 Å². The number of carbonyl (C=O) groups excluding carboxylic acids is 1. The molecule has 2 N–H and O–H groups in total. The van der Waals surface area contributed by atoms with Gasteiger partial charge in [0.25, 0.3) is 0 Å². The number of nitrogens with zero attached hydrogens (tertiary/aromatic N) is 4. The van der Waals surface area contributed by atoms with Crippen LogP contribution in [0.1, 0.15) is 19.3 Å². The third-order valence-corrected chi connectivity index (χ3v) is 6.29. The number of hydrogen-bond donors (Lipinski definition) is 1. The summed E-state index contributed by atoms with van der Waals surface area (Å²) in [7, 11) is 0. The van der Waals surface area contributed by atoms with Crippen molar-refractivity contribution in [2.75, 3.05) is 37.6 Å². The predicted octanol–water partition coefficient (Wildman–Crippen LogP) is 1.71. The van der Waals surface area contributed by atoms with Gasteiger partial charge in [-0.3, -0.25) is 4.79 Å². The van der Waals surface area contributed by atoms with Crippen molar-refractivity contribution in [2.24, 2.45) is 17.6 Å². The summed E-state index contributed by atoms with van der Waals surface area (Å²) in [4.78, 5) is 25.9. The summed E-state index contributed by atoms with van der Waals surface area (Å²) < 4.78 is 1.14. The first-order valence-electron chi connectivity index (χ1n) is 8.70. The molecule has 2 aliphatic rings. The highest BCUT2D eigenvalue weighted by atomic mass is 32.1. The van der Waals surface area contributed by atoms with Crippen LogP contribution in [0.2, 0.25) is 0 Å². The maximum absolute atomic E-state index is 12.8. The van der Waals surface area contributed by atoms with E-state index in [1.807, 2.05) is 11.0 Å². The van der Waals surface area contributed by atoms with Gasteiger partial charge in [-0.05, 0) is 36.8 Å². The lowest BCUT2D eigenvalue weighted by Gasteiger charge is -2.37. The number of hydrogen-bond acceptors (Lipinski definition) is 6. The standard InChI is InChI=1S/C17H23N5OS/c18-10-12-2-1-3-13(12)17(23)22-7-5-21(6-8-22)16-15-14(4-9-24-15)19-11-20-16/h4,9,11-13H,1-3,5-8,10,18H2/t12-,13-/m1/s1. The molecule has 24 heavy (non-hydrogen) atoms. The minimum Gasteiger partial charge on any atom is -0.352 e. The average molecular weight is 345 g/mol. The number of piperazine rings is 1. The van der Waals surface area contributed by atoms with Gasteiger partial charge in [-0.15, -0.1) is 11.3 Å². The van der Waals surface area contributed by atoms with Crippen molar-refractivity contribution in [3.63, 3.8) is 0 Å². The van der Waals surface area contributed by atoms with Gasteiger partial charge in [0.15, 0.2) is 0 Å². The highest BCUT2D eigenvalue weighted by Crippen LogP contribution is 2.33. The summed E-state index contributed by atoms with van der Waals surface area (Å²) in [6.45, 7) is 3.83. The molecule has 1 aliphatic carbocycles. The Morgan fingerprint density at radius 2 is 2.08 bits per heavy atom. The highest BCUT2D eigenvalue weighted by molar-refractivity contribution is 7.17. The Kier molecular flexibility index (Phi) is 4.37. The molecular formula is C17H23N5OS. The monoisotopic (exact) mass is 345 g/mol. The molecule has 0 bridgehead atoms. The van der Waals surface area contributed by atoms with E-state index in [-0.39, 0.29) is 5.92 Å². The minimum atomic E-state index is 0.143. The number of amides is 1. The van der Waals surface area contributed by atoms with Crippen LogP contribution in [0.25, 0.3) is 10.2 Å². The molecule has 3 heterocycles. The number of anilines is 1. The molecule has 0 unspecified atom stereocenters. The van der Waals surface area contributed by atoms with Gasteiger partial charge in [-0.1, -0.05) is 6.42 Å². The molecule has 2 atom stereocenters. The summed E-state index contributed by atoms with van der Waals surface area (Å²) in [6, 6.07) is 2.03. The fourth-order valence-electron chi connectivity index (χ4n) is 4.02. The van der Waals surface area contributed by atoms with E-state index in [0.29, 0.717) is 18.4 Å². The third-order valence-electron chi connectivity index (χ3n) is 5.39. The van der Waals surface area contributed by atoms with Crippen molar-refractivity contribution in [1.82, 2.24) is 14.9 Å². The maximum atomic E-state index is 12.8. The maximum Gasteiger partial charge on any atom is 0.226 e. The fourth-order valence-corrected chi connectivity index (χ4v) is 4.88. The van der Waals surface area contributed by atoms with Crippen LogP contribution < -0.4 is 10.6 Å². The Morgan fingerprint density at radius 3 is 2.88 bits per heavy atom. The van der Waals surface area contributed by atoms with E-state index in [0.717, 1.165) is 61.5 Å². The molecule has 1 saturated heterocycles. The van der Waals surface area contributed by atoms with E-state index in [1.54, 1.807) is 17.7 Å². The molecule has 0 spiro atoms. The molecule has 2 fully saturated rings. The first-order valence-corrected chi connectivity index (χ1v) is 9.58. The molecule has 0 radical (unpaired) electrons. The van der Waals surface area contributed by atoms with E-state index in [1.165, 1.54) is 0 Å². The predicted molar refractivity (Wildman–Crippen MR) is 96.1 cm³/mol. The van der Waals surface area contributed by atoms with E-state index in [2.05, 4.69) is 20.2 Å². The summed E-state index contributed by atoms with van der Waals surface area (Å²) in [6.07, 6.45) is 4.87. The van der Waals surface area contributed by atoms with Crippen LogP contribution in [0.4, 0.5) is 5.82 Å². The highest BCUT2D eigenvalue weighted by Gasteiger charge is 2.35. The summed E-state index contributed by atoms with van der Waals surface area (Å²) in [5.74, 6) is 1.84. The number of fused-ring (bicyclic) bond motifs is 1. The van der Waals surface area contributed by atoms with Crippen LogP contribution in [0.3, 0.4) is 0 Å². The zero-order valence-corrected chi connectivity index (χ0v) is 14.5. The van der Waals surface area contributed by atoms with Crippen molar-refractivity contribution in [3.8, 4) is 0 Å². The largest absolute Gasteiger partial charge is 0.352 e. The molecule has 1 amide bonds. The molecule has 2 aromatic heterocycles. The fraction of sp³-hybridized carbons (Fsp3) is 0.588. The van der Waals surface area contributed by atoms with Gasteiger partial charge in [0, 0.05) is 32.1 Å². The van der Waals surface area contributed by atoms with Crippen molar-refractivity contribution in [2.45, 2.75) is 19.3 Å². The van der Waals surface area contributed by atoms with E-state index >= 15 is 0 Å². The van der Waals surface area contributed by atoms with Crippen LogP contribution >= 0.6 is 11.3 Å². The zero-order valence-electron chi connectivity index (χ0n) is 13.7. The number of rotatable bonds is 3. The van der Waals surface area contributed by atoms with Gasteiger partial charge in [0.05, 0.1) is 10.2 Å². The Balaban J connectivity index is 1.43. The molecule has 0 aromatic carbocycles. The lowest BCUT2D eigenvalue weighted by Crippen LogP contribution is -2.51. The SMILES string of the molecule is NC[C@H]1CCC[C@H]1C(=O)N1CCN(c2ncnc3ccsc23)CC1. The van der Waals surface area contributed by atoms with Crippen molar-refractivity contribution in [1.29, 1.82) is 0 Å². The van der Waals surface area contributed by atoms with E-state index in [4.69, 9.17) is 5.73 Å². The quantitative estimate of drug-likeness (QED) is 0.917. The Labute approximate surface area is 145 Å². The van der Waals surface area contributed by atoms with Gasteiger partial charge < -0.3 is 15.5 Å². The van der Waals surface area contributed by atoms with E-state index in [9.17, 15) is 4.79 Å². The molecule has 1 saturated carbocycles. The second-order valence-corrected chi connectivity index (χ2v) is 7.59. The third kappa shape index (κ3) is 2.75. The number of thiophene rings is 1. The minimum absolute atomic E-state index is 0.143.